The zero-order valence-electron chi connectivity index (χ0n) is 9.30. The van der Waals surface area contributed by atoms with Gasteiger partial charge in [0.25, 0.3) is 0 Å². The molecule has 0 unspecified atom stereocenters. The van der Waals surface area contributed by atoms with Gasteiger partial charge in [0, 0.05) is 38.7 Å². The van der Waals surface area contributed by atoms with E-state index in [9.17, 15) is 9.59 Å². The van der Waals surface area contributed by atoms with Crippen LogP contribution < -0.4 is 0 Å². The van der Waals surface area contributed by atoms with Crippen molar-refractivity contribution in [1.82, 2.24) is 14.9 Å². The first-order chi connectivity index (χ1) is 8.16. The number of nitrogens with zero attached hydrogens (tertiary/aromatic N) is 3. The molecular weight excluding hydrogens is 222 g/mol. The van der Waals surface area contributed by atoms with Crippen molar-refractivity contribution in [1.29, 1.82) is 0 Å². The van der Waals surface area contributed by atoms with Gasteiger partial charge in [-0.25, -0.2) is 14.8 Å². The Morgan fingerprint density at radius 2 is 2.12 bits per heavy atom. The van der Waals surface area contributed by atoms with Crippen LogP contribution in [0.2, 0.25) is 0 Å². The highest BCUT2D eigenvalue weighted by atomic mass is 16.4. The Morgan fingerprint density at radius 3 is 2.76 bits per heavy atom. The number of aromatic carboxylic acids is 1. The van der Waals surface area contributed by atoms with Gasteiger partial charge >= 0.3 is 5.97 Å². The molecular formula is C11H13N3O3. The van der Waals surface area contributed by atoms with Crippen molar-refractivity contribution < 1.29 is 14.7 Å². The summed E-state index contributed by atoms with van der Waals surface area (Å²) in [5.74, 6) is -0.754. The lowest BCUT2D eigenvalue weighted by atomic mass is 10.1. The highest BCUT2D eigenvalue weighted by Gasteiger charge is 2.19. The summed E-state index contributed by atoms with van der Waals surface area (Å²) >= 11 is 0. The number of Topliss-reactive ketones (excluding diaryl/α,β-unsaturated/α-hetero) is 1. The molecule has 0 spiro atoms. The number of aromatic nitrogens is 2. The van der Waals surface area contributed by atoms with Gasteiger partial charge in [-0.1, -0.05) is 0 Å². The van der Waals surface area contributed by atoms with E-state index in [2.05, 4.69) is 9.97 Å². The summed E-state index contributed by atoms with van der Waals surface area (Å²) in [5.41, 5.74) is 0.631. The quantitative estimate of drug-likeness (QED) is 0.813. The van der Waals surface area contributed by atoms with Gasteiger partial charge < -0.3 is 5.11 Å². The molecule has 0 atom stereocenters. The molecule has 1 aliphatic heterocycles. The number of hydrogen-bond donors (Lipinski definition) is 1. The standard InChI is InChI=1S/C11H13N3O3/c15-8-1-3-14(4-2-8)6-10-9(11(16)17)5-12-7-13-10/h5,7H,1-4,6H2,(H,16,17). The topological polar surface area (TPSA) is 83.4 Å². The van der Waals surface area contributed by atoms with Crippen molar-refractivity contribution in [2.45, 2.75) is 19.4 Å². The van der Waals surface area contributed by atoms with Crippen LogP contribution in [0.3, 0.4) is 0 Å². The van der Waals surface area contributed by atoms with E-state index in [1.807, 2.05) is 4.90 Å². The second-order valence-corrected chi connectivity index (χ2v) is 4.00. The van der Waals surface area contributed by atoms with Crippen molar-refractivity contribution in [2.24, 2.45) is 0 Å². The van der Waals surface area contributed by atoms with Crippen LogP contribution in [0, 0.1) is 0 Å². The number of rotatable bonds is 3. The molecule has 1 aliphatic rings. The molecule has 2 rings (SSSR count). The van der Waals surface area contributed by atoms with Crippen LogP contribution in [-0.2, 0) is 11.3 Å². The lowest BCUT2D eigenvalue weighted by Gasteiger charge is -2.25. The molecule has 0 aromatic carbocycles. The van der Waals surface area contributed by atoms with Gasteiger partial charge in [-0.05, 0) is 0 Å². The van der Waals surface area contributed by atoms with Crippen molar-refractivity contribution in [2.75, 3.05) is 13.1 Å². The van der Waals surface area contributed by atoms with Crippen molar-refractivity contribution in [3.8, 4) is 0 Å². The third kappa shape index (κ3) is 2.85. The fraction of sp³-hybridized carbons (Fsp3) is 0.455. The Bertz CT molecular complexity index is 437. The second-order valence-electron chi connectivity index (χ2n) is 4.00. The molecule has 6 heteroatoms. The maximum atomic E-state index is 11.1. The van der Waals surface area contributed by atoms with Crippen molar-refractivity contribution >= 4 is 11.8 Å². The van der Waals surface area contributed by atoms with E-state index in [0.29, 0.717) is 38.2 Å². The first-order valence-electron chi connectivity index (χ1n) is 5.43. The molecule has 2 heterocycles. The van der Waals surface area contributed by atoms with Crippen LogP contribution in [0.4, 0.5) is 0 Å². The van der Waals surface area contributed by atoms with Crippen LogP contribution in [-0.4, -0.2) is 44.8 Å². The van der Waals surface area contributed by atoms with E-state index in [-0.39, 0.29) is 11.3 Å². The molecule has 0 aliphatic carbocycles. The van der Waals surface area contributed by atoms with Gasteiger partial charge in [-0.3, -0.25) is 9.69 Å². The largest absolute Gasteiger partial charge is 0.478 e. The first kappa shape index (κ1) is 11.7. The number of piperidine rings is 1. The van der Waals surface area contributed by atoms with E-state index in [4.69, 9.17) is 5.11 Å². The van der Waals surface area contributed by atoms with Gasteiger partial charge in [-0.2, -0.15) is 0 Å². The van der Waals surface area contributed by atoms with E-state index in [1.54, 1.807) is 0 Å². The molecule has 0 radical (unpaired) electrons. The SMILES string of the molecule is O=C1CCN(Cc2ncncc2C(=O)O)CC1. The molecule has 17 heavy (non-hydrogen) atoms. The monoisotopic (exact) mass is 235 g/mol. The summed E-state index contributed by atoms with van der Waals surface area (Å²) < 4.78 is 0. The summed E-state index contributed by atoms with van der Waals surface area (Å²) in [5, 5.41) is 8.98. The van der Waals surface area contributed by atoms with Crippen LogP contribution in [0.5, 0.6) is 0 Å². The predicted molar refractivity (Wildman–Crippen MR) is 58.5 cm³/mol. The zero-order chi connectivity index (χ0) is 12.3. The molecule has 1 fully saturated rings. The maximum absolute atomic E-state index is 11.1. The molecule has 1 saturated heterocycles. The molecule has 0 saturated carbocycles. The Hall–Kier alpha value is -1.82. The minimum Gasteiger partial charge on any atom is -0.478 e. The van der Waals surface area contributed by atoms with Crippen molar-refractivity contribution in [3.05, 3.63) is 23.8 Å². The molecule has 0 amide bonds. The van der Waals surface area contributed by atoms with Crippen LogP contribution >= 0.6 is 0 Å². The van der Waals surface area contributed by atoms with Gasteiger partial charge in [0.15, 0.2) is 0 Å². The third-order valence-corrected chi connectivity index (χ3v) is 2.81. The minimum atomic E-state index is -1.02. The normalized spacial score (nSPS) is 17.1. The lowest BCUT2D eigenvalue weighted by molar-refractivity contribution is -0.121. The number of ketones is 1. The van der Waals surface area contributed by atoms with Gasteiger partial charge in [0.2, 0.25) is 0 Å². The molecule has 1 N–H and O–H groups in total. The van der Waals surface area contributed by atoms with E-state index < -0.39 is 5.97 Å². The maximum Gasteiger partial charge on any atom is 0.339 e. The van der Waals surface area contributed by atoms with Gasteiger partial charge in [-0.15, -0.1) is 0 Å². The zero-order valence-corrected chi connectivity index (χ0v) is 9.30. The van der Waals surface area contributed by atoms with Gasteiger partial charge in [0.1, 0.15) is 17.7 Å². The Morgan fingerprint density at radius 1 is 1.41 bits per heavy atom. The number of carbonyl (C=O) groups is 2. The highest BCUT2D eigenvalue weighted by molar-refractivity contribution is 5.88. The minimum absolute atomic E-state index is 0.129. The smallest absolute Gasteiger partial charge is 0.339 e. The second kappa shape index (κ2) is 5.01. The number of hydrogen-bond acceptors (Lipinski definition) is 5. The number of carboxylic acids is 1. The molecule has 0 bridgehead atoms. The lowest BCUT2D eigenvalue weighted by Crippen LogP contribution is -2.34. The Balaban J connectivity index is 2.08. The number of carboxylic acid groups (broad SMARTS) is 1. The molecule has 1 aromatic heterocycles. The van der Waals surface area contributed by atoms with Gasteiger partial charge in [0.05, 0.1) is 5.69 Å². The summed E-state index contributed by atoms with van der Waals surface area (Å²) in [7, 11) is 0. The molecule has 1 aromatic rings. The van der Waals surface area contributed by atoms with E-state index in [0.717, 1.165) is 0 Å². The summed E-state index contributed by atoms with van der Waals surface area (Å²) in [4.78, 5) is 31.8. The summed E-state index contributed by atoms with van der Waals surface area (Å²) in [6.07, 6.45) is 3.72. The Labute approximate surface area is 98.3 Å². The highest BCUT2D eigenvalue weighted by Crippen LogP contribution is 2.12. The average Bonchev–Trinajstić information content (AvgIpc) is 2.32. The predicted octanol–water partition coefficient (Wildman–Crippen LogP) is 0.340. The number of likely N-dealkylation sites (tertiary alicyclic amines) is 1. The van der Waals surface area contributed by atoms with Crippen LogP contribution in [0.25, 0.3) is 0 Å². The average molecular weight is 235 g/mol. The molecule has 90 valence electrons. The fourth-order valence-electron chi connectivity index (χ4n) is 1.83. The molecule has 6 nitrogen and oxygen atoms in total. The summed E-state index contributed by atoms with van der Waals surface area (Å²) in [6.45, 7) is 1.79. The number of carbonyl (C=O) groups excluding carboxylic acids is 1. The van der Waals surface area contributed by atoms with Crippen LogP contribution in [0.15, 0.2) is 12.5 Å². The van der Waals surface area contributed by atoms with Crippen molar-refractivity contribution in [3.63, 3.8) is 0 Å². The summed E-state index contributed by atoms with van der Waals surface area (Å²) in [6, 6.07) is 0. The third-order valence-electron chi connectivity index (χ3n) is 2.81. The fourth-order valence-corrected chi connectivity index (χ4v) is 1.83. The van der Waals surface area contributed by atoms with E-state index >= 15 is 0 Å². The first-order valence-corrected chi connectivity index (χ1v) is 5.43. The Kier molecular flexibility index (Phi) is 3.43. The van der Waals surface area contributed by atoms with Crippen LogP contribution in [0.1, 0.15) is 28.9 Å². The van der Waals surface area contributed by atoms with E-state index in [1.165, 1.54) is 12.5 Å².